The summed E-state index contributed by atoms with van der Waals surface area (Å²) in [7, 11) is 3.38. The Morgan fingerprint density at radius 3 is 2.62 bits per heavy atom. The SMILES string of the molecule is COc1cc(C(=O)N2C(c3nccs3)N(C)CC2(Cn2cccn2)C(=O)O)ccc1C(C)(C)C. The van der Waals surface area contributed by atoms with E-state index in [9.17, 15) is 14.7 Å². The second-order valence-electron chi connectivity index (χ2n) is 9.54. The second-order valence-corrected chi connectivity index (χ2v) is 10.5. The Morgan fingerprint density at radius 1 is 1.29 bits per heavy atom. The number of carbonyl (C=O) groups excluding carboxylic acids is 1. The van der Waals surface area contributed by atoms with Crippen molar-refractivity contribution in [1.29, 1.82) is 0 Å². The number of aromatic nitrogens is 3. The van der Waals surface area contributed by atoms with Gasteiger partial charge in [0.25, 0.3) is 5.91 Å². The molecule has 1 amide bonds. The number of aliphatic carboxylic acids is 1. The molecule has 2 unspecified atom stereocenters. The third kappa shape index (κ3) is 4.07. The molecule has 34 heavy (non-hydrogen) atoms. The number of likely N-dealkylation sites (N-methyl/N-ethyl adjacent to an activating group) is 1. The summed E-state index contributed by atoms with van der Waals surface area (Å²) in [5.41, 5.74) is -0.422. The zero-order valence-electron chi connectivity index (χ0n) is 19.9. The van der Waals surface area contributed by atoms with Gasteiger partial charge in [-0.1, -0.05) is 26.8 Å². The maximum absolute atomic E-state index is 14.1. The highest BCUT2D eigenvalue weighted by Gasteiger charge is 2.58. The first-order chi connectivity index (χ1) is 16.1. The predicted molar refractivity (Wildman–Crippen MR) is 128 cm³/mol. The van der Waals surface area contributed by atoms with Crippen molar-refractivity contribution in [2.75, 3.05) is 20.7 Å². The van der Waals surface area contributed by atoms with Crippen molar-refractivity contribution < 1.29 is 19.4 Å². The van der Waals surface area contributed by atoms with Gasteiger partial charge in [0.15, 0.2) is 5.54 Å². The zero-order valence-corrected chi connectivity index (χ0v) is 20.7. The van der Waals surface area contributed by atoms with Crippen molar-refractivity contribution in [3.8, 4) is 5.75 Å². The van der Waals surface area contributed by atoms with Crippen LogP contribution in [0.1, 0.15) is 47.9 Å². The molecule has 1 aliphatic rings. The number of nitrogens with zero attached hydrogens (tertiary/aromatic N) is 5. The minimum Gasteiger partial charge on any atom is -0.496 e. The number of rotatable bonds is 6. The van der Waals surface area contributed by atoms with Gasteiger partial charge in [-0.25, -0.2) is 9.78 Å². The maximum atomic E-state index is 14.1. The van der Waals surface area contributed by atoms with E-state index < -0.39 is 23.6 Å². The van der Waals surface area contributed by atoms with E-state index in [4.69, 9.17) is 4.74 Å². The number of thiazole rings is 1. The summed E-state index contributed by atoms with van der Waals surface area (Å²) < 4.78 is 7.16. The van der Waals surface area contributed by atoms with Gasteiger partial charge in [-0.05, 0) is 36.2 Å². The first kappa shape index (κ1) is 23.9. The Labute approximate surface area is 202 Å². The van der Waals surface area contributed by atoms with E-state index in [0.29, 0.717) is 16.3 Å². The molecular formula is C24H29N5O4S. The molecule has 4 rings (SSSR count). The third-order valence-electron chi connectivity index (χ3n) is 6.16. The molecule has 0 bridgehead atoms. The third-order valence-corrected chi connectivity index (χ3v) is 6.98. The van der Waals surface area contributed by atoms with Crippen LogP contribution in [-0.4, -0.2) is 67.8 Å². The molecule has 3 aromatic rings. The molecule has 1 fully saturated rings. The van der Waals surface area contributed by atoms with Gasteiger partial charge in [0, 0.05) is 36.1 Å². The fourth-order valence-electron chi connectivity index (χ4n) is 4.58. The first-order valence-electron chi connectivity index (χ1n) is 10.9. The largest absolute Gasteiger partial charge is 0.496 e. The number of ether oxygens (including phenoxy) is 1. The molecule has 2 aromatic heterocycles. The molecular weight excluding hydrogens is 454 g/mol. The van der Waals surface area contributed by atoms with Crippen LogP contribution in [0, 0.1) is 0 Å². The lowest BCUT2D eigenvalue weighted by Gasteiger charge is -2.36. The van der Waals surface area contributed by atoms with Gasteiger partial charge < -0.3 is 9.84 Å². The van der Waals surface area contributed by atoms with Gasteiger partial charge in [-0.2, -0.15) is 5.10 Å². The van der Waals surface area contributed by atoms with E-state index in [1.807, 2.05) is 23.4 Å². The van der Waals surface area contributed by atoms with E-state index in [2.05, 4.69) is 30.9 Å². The Balaban J connectivity index is 1.85. The molecule has 2 atom stereocenters. The van der Waals surface area contributed by atoms with Gasteiger partial charge in [0.2, 0.25) is 0 Å². The normalized spacial score (nSPS) is 21.1. The Bertz CT molecular complexity index is 1170. The van der Waals surface area contributed by atoms with Crippen molar-refractivity contribution in [2.24, 2.45) is 0 Å². The Kier molecular flexibility index (Phi) is 6.22. The number of amides is 1. The number of methoxy groups -OCH3 is 1. The summed E-state index contributed by atoms with van der Waals surface area (Å²) in [4.78, 5) is 34.7. The molecule has 180 valence electrons. The van der Waals surface area contributed by atoms with Gasteiger partial charge >= 0.3 is 5.97 Å². The van der Waals surface area contributed by atoms with Crippen molar-refractivity contribution in [1.82, 2.24) is 24.6 Å². The number of carboxylic acids is 1. The molecule has 0 radical (unpaired) electrons. The summed E-state index contributed by atoms with van der Waals surface area (Å²) >= 11 is 1.39. The van der Waals surface area contributed by atoms with Crippen LogP contribution in [0.5, 0.6) is 5.75 Å². The zero-order chi connectivity index (χ0) is 24.7. The highest BCUT2D eigenvalue weighted by molar-refractivity contribution is 7.09. The summed E-state index contributed by atoms with van der Waals surface area (Å²) in [5.74, 6) is -0.914. The van der Waals surface area contributed by atoms with E-state index in [0.717, 1.165) is 5.56 Å². The molecule has 1 aromatic carbocycles. The quantitative estimate of drug-likeness (QED) is 0.574. The van der Waals surface area contributed by atoms with E-state index in [1.54, 1.807) is 48.6 Å². The number of benzene rings is 1. The Morgan fingerprint density at radius 2 is 2.06 bits per heavy atom. The fraction of sp³-hybridized carbons (Fsp3) is 0.417. The van der Waals surface area contributed by atoms with Crippen molar-refractivity contribution >= 4 is 23.2 Å². The lowest BCUT2D eigenvalue weighted by molar-refractivity contribution is -0.149. The van der Waals surface area contributed by atoms with Crippen LogP contribution in [0.2, 0.25) is 0 Å². The molecule has 1 aliphatic heterocycles. The maximum Gasteiger partial charge on any atom is 0.333 e. The molecule has 0 aliphatic carbocycles. The predicted octanol–water partition coefficient (Wildman–Crippen LogP) is 3.26. The molecule has 1 saturated heterocycles. The highest BCUT2D eigenvalue weighted by Crippen LogP contribution is 2.42. The topological polar surface area (TPSA) is 101 Å². The molecule has 10 heteroatoms. The number of carboxylic acid groups (broad SMARTS) is 1. The van der Waals surface area contributed by atoms with Crippen molar-refractivity contribution in [3.05, 3.63) is 64.4 Å². The lowest BCUT2D eigenvalue weighted by atomic mass is 9.85. The van der Waals surface area contributed by atoms with Crippen LogP contribution in [0.25, 0.3) is 0 Å². The van der Waals surface area contributed by atoms with Crippen molar-refractivity contribution in [3.63, 3.8) is 0 Å². The summed E-state index contributed by atoms with van der Waals surface area (Å²) in [6.07, 6.45) is 4.32. The van der Waals surface area contributed by atoms with Crippen LogP contribution in [0.3, 0.4) is 0 Å². The molecule has 3 heterocycles. The van der Waals surface area contributed by atoms with Crippen LogP contribution < -0.4 is 4.74 Å². The Hall–Kier alpha value is -3.24. The summed E-state index contributed by atoms with van der Waals surface area (Å²) in [5, 5.41) is 17.2. The number of carbonyl (C=O) groups is 2. The summed E-state index contributed by atoms with van der Waals surface area (Å²) in [6, 6.07) is 7.04. The molecule has 9 nitrogen and oxygen atoms in total. The van der Waals surface area contributed by atoms with Gasteiger partial charge in [0.05, 0.1) is 13.7 Å². The lowest BCUT2D eigenvalue weighted by Crippen LogP contribution is -2.58. The second kappa shape index (κ2) is 8.84. The molecule has 1 N–H and O–H groups in total. The van der Waals surface area contributed by atoms with Gasteiger partial charge in [0.1, 0.15) is 16.9 Å². The van der Waals surface area contributed by atoms with E-state index >= 15 is 0 Å². The van der Waals surface area contributed by atoms with Crippen LogP contribution in [0.15, 0.2) is 48.2 Å². The average Bonchev–Trinajstić information content (AvgIpc) is 3.53. The van der Waals surface area contributed by atoms with E-state index in [-0.39, 0.29) is 18.5 Å². The minimum absolute atomic E-state index is 0.00446. The summed E-state index contributed by atoms with van der Waals surface area (Å²) in [6.45, 7) is 6.33. The van der Waals surface area contributed by atoms with Gasteiger partial charge in [-0.3, -0.25) is 19.3 Å². The number of hydrogen-bond acceptors (Lipinski definition) is 7. The standard InChI is InChI=1S/C24H29N5O4S/c1-23(2,3)17-8-7-16(13-18(17)33-5)21(30)29-20(19-25-10-12-34-19)27(4)14-24(29,22(31)32)15-28-11-6-9-26-28/h6-13,20H,14-15H2,1-5H3,(H,31,32). The monoisotopic (exact) mass is 483 g/mol. The highest BCUT2D eigenvalue weighted by atomic mass is 32.1. The van der Waals surface area contributed by atoms with Crippen LogP contribution in [-0.2, 0) is 16.8 Å². The average molecular weight is 484 g/mol. The molecule has 0 saturated carbocycles. The smallest absolute Gasteiger partial charge is 0.333 e. The van der Waals surface area contributed by atoms with Crippen molar-refractivity contribution in [2.45, 2.75) is 44.4 Å². The number of hydrogen-bond donors (Lipinski definition) is 1. The molecule has 0 spiro atoms. The van der Waals surface area contributed by atoms with Gasteiger partial charge in [-0.15, -0.1) is 11.3 Å². The first-order valence-corrected chi connectivity index (χ1v) is 11.8. The van der Waals surface area contributed by atoms with E-state index in [1.165, 1.54) is 16.2 Å². The minimum atomic E-state index is -1.55. The van der Waals surface area contributed by atoms with Crippen LogP contribution >= 0.6 is 11.3 Å². The fourth-order valence-corrected chi connectivity index (χ4v) is 5.37. The van der Waals surface area contributed by atoms with Crippen LogP contribution in [0.4, 0.5) is 0 Å².